The fourth-order valence-corrected chi connectivity index (χ4v) is 1.20. The first-order chi connectivity index (χ1) is 6.18. The van der Waals surface area contributed by atoms with E-state index in [1.54, 1.807) is 18.2 Å². The normalized spacial score (nSPS) is 13.8. The van der Waals surface area contributed by atoms with Crippen molar-refractivity contribution in [3.8, 4) is 0 Å². The third-order valence-electron chi connectivity index (χ3n) is 1.93. The molecule has 1 heterocycles. The van der Waals surface area contributed by atoms with Gasteiger partial charge in [-0.3, -0.25) is 15.4 Å². The van der Waals surface area contributed by atoms with Gasteiger partial charge in [-0.25, -0.2) is 0 Å². The Hall–Kier alpha value is -1.59. The first-order valence-corrected chi connectivity index (χ1v) is 3.84. The zero-order chi connectivity index (χ0) is 9.42. The second-order valence-electron chi connectivity index (χ2n) is 2.84. The van der Waals surface area contributed by atoms with Crippen LogP contribution in [0.25, 0.3) is 0 Å². The van der Waals surface area contributed by atoms with E-state index in [0.717, 1.165) is 10.9 Å². The zero-order valence-corrected chi connectivity index (χ0v) is 7.03. The van der Waals surface area contributed by atoms with Crippen molar-refractivity contribution < 1.29 is 10.0 Å². The van der Waals surface area contributed by atoms with Crippen LogP contribution in [0.4, 0.5) is 11.4 Å². The quantitative estimate of drug-likeness (QED) is 0.560. The molecule has 0 aliphatic carbocycles. The second kappa shape index (κ2) is 2.72. The van der Waals surface area contributed by atoms with Crippen LogP contribution in [0.3, 0.4) is 0 Å². The van der Waals surface area contributed by atoms with Gasteiger partial charge in [0.05, 0.1) is 5.69 Å². The molecule has 68 valence electrons. The maximum Gasteiger partial charge on any atom is 0.159 e. The summed E-state index contributed by atoms with van der Waals surface area (Å²) in [4.78, 5) is 11.0. The van der Waals surface area contributed by atoms with Crippen molar-refractivity contribution in [2.75, 3.05) is 10.6 Å². The van der Waals surface area contributed by atoms with Gasteiger partial charge in [0.15, 0.2) is 5.78 Å². The summed E-state index contributed by atoms with van der Waals surface area (Å²) in [6.07, 6.45) is 0. The Balaban J connectivity index is 2.47. The van der Waals surface area contributed by atoms with Gasteiger partial charge in [0.1, 0.15) is 5.69 Å². The van der Waals surface area contributed by atoms with Crippen LogP contribution >= 0.6 is 0 Å². The van der Waals surface area contributed by atoms with E-state index in [4.69, 9.17) is 0 Å². The van der Waals surface area contributed by atoms with Crippen LogP contribution in [0.2, 0.25) is 0 Å². The Morgan fingerprint density at radius 3 is 3.00 bits per heavy atom. The smallest absolute Gasteiger partial charge is 0.159 e. The molecule has 0 aromatic heterocycles. The highest BCUT2D eigenvalue weighted by Gasteiger charge is 2.17. The fraction of sp³-hybridized carbons (Fsp3) is 0.125. The molecule has 0 amide bonds. The number of Topliss-reactive ketones (excluding diaryl/α,β-unsaturated/α-hetero) is 1. The summed E-state index contributed by atoms with van der Waals surface area (Å²) < 4.78 is 0. The van der Waals surface area contributed by atoms with Crippen molar-refractivity contribution >= 4 is 17.2 Å². The van der Waals surface area contributed by atoms with Gasteiger partial charge in [0.25, 0.3) is 0 Å². The molecule has 13 heavy (non-hydrogen) atoms. The van der Waals surface area contributed by atoms with E-state index in [1.165, 1.54) is 6.92 Å². The number of benzene rings is 1. The lowest BCUT2D eigenvalue weighted by Crippen LogP contribution is -2.32. The summed E-state index contributed by atoms with van der Waals surface area (Å²) in [5, 5.41) is 10.1. The highest BCUT2D eigenvalue weighted by molar-refractivity contribution is 5.96. The molecule has 0 radical (unpaired) electrons. The second-order valence-corrected chi connectivity index (χ2v) is 2.84. The van der Waals surface area contributed by atoms with Crippen molar-refractivity contribution in [1.29, 1.82) is 0 Å². The monoisotopic (exact) mass is 179 g/mol. The predicted molar refractivity (Wildman–Crippen MR) is 47.5 cm³/mol. The van der Waals surface area contributed by atoms with E-state index in [9.17, 15) is 10.0 Å². The number of carbonyl (C=O) groups is 1. The van der Waals surface area contributed by atoms with Crippen LogP contribution in [0.5, 0.6) is 0 Å². The topological polar surface area (TPSA) is 64.6 Å². The third-order valence-corrected chi connectivity index (χ3v) is 1.93. The molecule has 0 saturated carbocycles. The molecule has 3 N–H and O–H groups in total. The van der Waals surface area contributed by atoms with Gasteiger partial charge in [0, 0.05) is 5.56 Å². The van der Waals surface area contributed by atoms with Gasteiger partial charge in [0.2, 0.25) is 0 Å². The zero-order valence-electron chi connectivity index (χ0n) is 7.03. The summed E-state index contributed by atoms with van der Waals surface area (Å²) in [5.41, 5.74) is 7.07. The first kappa shape index (κ1) is 8.03. The summed E-state index contributed by atoms with van der Waals surface area (Å²) in [6, 6.07) is 5.05. The Labute approximate surface area is 74.9 Å². The third kappa shape index (κ3) is 1.24. The van der Waals surface area contributed by atoms with Gasteiger partial charge in [-0.15, -0.1) is 5.53 Å². The van der Waals surface area contributed by atoms with E-state index in [1.807, 2.05) is 0 Å². The Bertz CT molecular complexity index is 364. The number of carbonyl (C=O) groups excluding carboxylic acids is 1. The number of anilines is 2. The van der Waals surface area contributed by atoms with Crippen LogP contribution < -0.4 is 16.1 Å². The molecular weight excluding hydrogens is 170 g/mol. The van der Waals surface area contributed by atoms with E-state index in [-0.39, 0.29) is 5.78 Å². The molecule has 0 saturated heterocycles. The molecule has 5 nitrogen and oxygen atoms in total. The van der Waals surface area contributed by atoms with Gasteiger partial charge >= 0.3 is 0 Å². The highest BCUT2D eigenvalue weighted by atomic mass is 16.6. The van der Waals surface area contributed by atoms with Crippen molar-refractivity contribution in [3.05, 3.63) is 23.8 Å². The molecular formula is C8H9N3O2. The molecule has 1 aliphatic rings. The molecule has 0 bridgehead atoms. The number of hydrazine groups is 2. The lowest BCUT2D eigenvalue weighted by molar-refractivity contribution is 0.101. The number of nitrogens with one attached hydrogen (secondary N) is 2. The number of ketones is 1. The van der Waals surface area contributed by atoms with Gasteiger partial charge in [-0.1, -0.05) is 0 Å². The van der Waals surface area contributed by atoms with Crippen LogP contribution in [-0.2, 0) is 0 Å². The van der Waals surface area contributed by atoms with Gasteiger partial charge < -0.3 is 0 Å². The van der Waals surface area contributed by atoms with Crippen LogP contribution in [0, 0.1) is 0 Å². The molecule has 1 aliphatic heterocycles. The van der Waals surface area contributed by atoms with Crippen molar-refractivity contribution in [3.63, 3.8) is 0 Å². The maximum atomic E-state index is 11.0. The highest BCUT2D eigenvalue weighted by Crippen LogP contribution is 2.28. The average molecular weight is 179 g/mol. The number of fused-ring (bicyclic) bond motifs is 1. The maximum absolute atomic E-state index is 11.0. The van der Waals surface area contributed by atoms with E-state index < -0.39 is 0 Å². The molecule has 0 spiro atoms. The predicted octanol–water partition coefficient (Wildman–Crippen LogP) is 0.930. The molecule has 0 unspecified atom stereocenters. The van der Waals surface area contributed by atoms with Crippen molar-refractivity contribution in [2.45, 2.75) is 6.92 Å². The Morgan fingerprint density at radius 1 is 1.54 bits per heavy atom. The summed E-state index contributed by atoms with van der Waals surface area (Å²) in [7, 11) is 0. The molecule has 1 aromatic rings. The summed E-state index contributed by atoms with van der Waals surface area (Å²) in [6.45, 7) is 1.49. The number of nitrogens with zero attached hydrogens (tertiary/aromatic N) is 1. The SMILES string of the molecule is CC(=O)c1ccc2c(c1)N(O)NN2. The minimum atomic E-state index is -0.0249. The van der Waals surface area contributed by atoms with Crippen molar-refractivity contribution in [1.82, 2.24) is 5.53 Å². The summed E-state index contributed by atoms with van der Waals surface area (Å²) in [5.74, 6) is -0.0249. The molecule has 1 aromatic carbocycles. The minimum absolute atomic E-state index is 0.0249. The van der Waals surface area contributed by atoms with Crippen LogP contribution in [0.15, 0.2) is 18.2 Å². The fourth-order valence-electron chi connectivity index (χ4n) is 1.20. The lowest BCUT2D eigenvalue weighted by Gasteiger charge is -2.07. The standard InChI is InChI=1S/C8H9N3O2/c1-5(12)6-2-3-7-8(4-6)11(13)10-9-7/h2-4,9-10,13H,1H3. The van der Waals surface area contributed by atoms with Gasteiger partial charge in [-0.05, 0) is 25.1 Å². The minimum Gasteiger partial charge on any atom is -0.300 e. The Kier molecular flexibility index (Phi) is 1.68. The number of hydrogen-bond acceptors (Lipinski definition) is 5. The summed E-state index contributed by atoms with van der Waals surface area (Å²) >= 11 is 0. The Morgan fingerprint density at radius 2 is 2.31 bits per heavy atom. The number of hydrogen-bond donors (Lipinski definition) is 3. The van der Waals surface area contributed by atoms with Gasteiger partial charge in [-0.2, -0.15) is 5.17 Å². The lowest BCUT2D eigenvalue weighted by atomic mass is 10.1. The largest absolute Gasteiger partial charge is 0.300 e. The van der Waals surface area contributed by atoms with E-state index in [2.05, 4.69) is 11.0 Å². The first-order valence-electron chi connectivity index (χ1n) is 3.84. The number of rotatable bonds is 1. The van der Waals surface area contributed by atoms with Crippen molar-refractivity contribution in [2.24, 2.45) is 0 Å². The molecule has 0 fully saturated rings. The van der Waals surface area contributed by atoms with E-state index >= 15 is 0 Å². The molecule has 5 heteroatoms. The van der Waals surface area contributed by atoms with Crippen LogP contribution in [-0.4, -0.2) is 11.0 Å². The average Bonchev–Trinajstić information content (AvgIpc) is 2.47. The van der Waals surface area contributed by atoms with E-state index in [0.29, 0.717) is 11.3 Å². The van der Waals surface area contributed by atoms with Crippen LogP contribution in [0.1, 0.15) is 17.3 Å². The molecule has 2 rings (SSSR count). The molecule has 0 atom stereocenters.